The maximum Gasteiger partial charge on any atom is 0.246 e. The number of hydrogen-bond donors (Lipinski definition) is 1. The molecule has 2 aliphatic heterocycles. The van der Waals surface area contributed by atoms with E-state index < -0.39 is 6.04 Å². The van der Waals surface area contributed by atoms with Crippen LogP contribution in [0.1, 0.15) is 61.4 Å². The second-order valence-corrected chi connectivity index (χ2v) is 10.1. The zero-order valence-corrected chi connectivity index (χ0v) is 19.4. The first-order chi connectivity index (χ1) is 16.1. The van der Waals surface area contributed by atoms with Gasteiger partial charge in [0, 0.05) is 34.1 Å². The van der Waals surface area contributed by atoms with Crippen LogP contribution in [0.2, 0.25) is 5.02 Å². The molecule has 0 spiro atoms. The molecule has 1 aliphatic carbocycles. The number of aromatic nitrogens is 1. The van der Waals surface area contributed by atoms with Gasteiger partial charge in [0.05, 0.1) is 6.04 Å². The third kappa shape index (κ3) is 3.45. The summed E-state index contributed by atoms with van der Waals surface area (Å²) in [4.78, 5) is 34.9. The smallest absolute Gasteiger partial charge is 0.246 e. The van der Waals surface area contributed by atoms with Crippen molar-refractivity contribution in [3.63, 3.8) is 0 Å². The summed E-state index contributed by atoms with van der Waals surface area (Å²) in [5.74, 6) is 0.143. The predicted octanol–water partition coefficient (Wildman–Crippen LogP) is 5.23. The van der Waals surface area contributed by atoms with Crippen LogP contribution in [0.4, 0.5) is 0 Å². The summed E-state index contributed by atoms with van der Waals surface area (Å²) < 4.78 is 0. The highest BCUT2D eigenvalue weighted by Gasteiger charge is 2.49. The molecule has 0 bridgehead atoms. The summed E-state index contributed by atoms with van der Waals surface area (Å²) in [6.07, 6.45) is 7.28. The van der Waals surface area contributed by atoms with Crippen molar-refractivity contribution in [3.8, 4) is 0 Å². The lowest BCUT2D eigenvalue weighted by atomic mass is 9.85. The molecule has 170 valence electrons. The first kappa shape index (κ1) is 20.8. The molecule has 1 saturated carbocycles. The summed E-state index contributed by atoms with van der Waals surface area (Å²) in [6, 6.07) is 15.3. The minimum absolute atomic E-state index is 0.0353. The molecule has 3 aromatic rings. The number of halogens is 1. The lowest BCUT2D eigenvalue weighted by molar-refractivity contribution is -0.161. The Morgan fingerprint density at radius 3 is 2.39 bits per heavy atom. The average Bonchev–Trinajstić information content (AvgIpc) is 2.99. The number of piperazine rings is 1. The Hall–Kier alpha value is -2.79. The Labute approximate surface area is 198 Å². The zero-order chi connectivity index (χ0) is 22.5. The minimum atomic E-state index is -0.470. The zero-order valence-electron chi connectivity index (χ0n) is 18.6. The van der Waals surface area contributed by atoms with Crippen molar-refractivity contribution in [3.05, 3.63) is 70.4 Å². The van der Waals surface area contributed by atoms with Crippen molar-refractivity contribution >= 4 is 34.3 Å². The van der Waals surface area contributed by atoms with Gasteiger partial charge in [-0.25, -0.2) is 0 Å². The molecule has 3 aliphatic rings. The fourth-order valence-electron chi connectivity index (χ4n) is 6.16. The highest BCUT2D eigenvalue weighted by molar-refractivity contribution is 6.30. The van der Waals surface area contributed by atoms with Crippen LogP contribution in [0.25, 0.3) is 10.9 Å². The highest BCUT2D eigenvalue weighted by Crippen LogP contribution is 2.43. The maximum atomic E-state index is 13.9. The monoisotopic (exact) mass is 461 g/mol. The molecule has 2 atom stereocenters. The number of rotatable bonds is 2. The number of para-hydroxylation sites is 1. The Morgan fingerprint density at radius 1 is 0.909 bits per heavy atom. The number of fused-ring (bicyclic) bond motifs is 4. The molecule has 33 heavy (non-hydrogen) atoms. The number of H-pyrrole nitrogens is 1. The van der Waals surface area contributed by atoms with E-state index in [1.165, 1.54) is 12.8 Å². The molecule has 1 aromatic heterocycles. The summed E-state index contributed by atoms with van der Waals surface area (Å²) in [5, 5.41) is 1.79. The van der Waals surface area contributed by atoms with E-state index in [2.05, 4.69) is 17.1 Å². The number of benzene rings is 2. The summed E-state index contributed by atoms with van der Waals surface area (Å²) in [7, 11) is 0. The van der Waals surface area contributed by atoms with Gasteiger partial charge in [-0.05, 0) is 42.2 Å². The van der Waals surface area contributed by atoms with Gasteiger partial charge in [0.25, 0.3) is 0 Å². The molecule has 2 aromatic carbocycles. The average molecular weight is 462 g/mol. The van der Waals surface area contributed by atoms with Gasteiger partial charge >= 0.3 is 0 Å². The number of nitrogens with one attached hydrogen (secondary N) is 1. The van der Waals surface area contributed by atoms with Crippen LogP contribution in [-0.2, 0) is 16.0 Å². The van der Waals surface area contributed by atoms with Gasteiger partial charge in [0.15, 0.2) is 0 Å². The Bertz CT molecular complexity index is 1210. The number of aromatic amines is 1. The topological polar surface area (TPSA) is 56.4 Å². The molecule has 1 saturated heterocycles. The molecule has 6 heteroatoms. The molecule has 6 rings (SSSR count). The number of carbonyl (C=O) groups excluding carboxylic acids is 2. The van der Waals surface area contributed by atoms with Gasteiger partial charge in [-0.1, -0.05) is 67.6 Å². The van der Waals surface area contributed by atoms with E-state index in [4.69, 9.17) is 11.6 Å². The van der Waals surface area contributed by atoms with Gasteiger partial charge in [0.1, 0.15) is 12.6 Å². The van der Waals surface area contributed by atoms with Crippen molar-refractivity contribution in [1.82, 2.24) is 14.8 Å². The van der Waals surface area contributed by atoms with Crippen LogP contribution in [-0.4, -0.2) is 45.2 Å². The van der Waals surface area contributed by atoms with Crippen molar-refractivity contribution < 1.29 is 9.59 Å². The number of hydrogen-bond acceptors (Lipinski definition) is 2. The molecule has 3 heterocycles. The van der Waals surface area contributed by atoms with Gasteiger partial charge in [0.2, 0.25) is 11.8 Å². The fourth-order valence-corrected chi connectivity index (χ4v) is 6.28. The van der Waals surface area contributed by atoms with Crippen LogP contribution < -0.4 is 0 Å². The number of nitrogens with zero attached hydrogens (tertiary/aromatic N) is 2. The van der Waals surface area contributed by atoms with E-state index in [0.717, 1.165) is 53.4 Å². The number of amides is 2. The minimum Gasteiger partial charge on any atom is -0.356 e. The SMILES string of the molecule is O=C1[C@@H]2Cc3c([nH]c4ccccc34)C(c3ccc(Cl)cc3)N2C(=O)CN1C1CCCCCC1. The molecule has 1 unspecified atom stereocenters. The Balaban J connectivity index is 1.46. The van der Waals surface area contributed by atoms with Crippen molar-refractivity contribution in [2.24, 2.45) is 0 Å². The van der Waals surface area contributed by atoms with Crippen molar-refractivity contribution in [1.29, 1.82) is 0 Å². The Kier molecular flexibility index (Phi) is 5.17. The third-order valence-electron chi connectivity index (χ3n) is 7.74. The first-order valence-electron chi connectivity index (χ1n) is 12.1. The number of carbonyl (C=O) groups is 2. The normalized spacial score (nSPS) is 24.0. The molecular weight excluding hydrogens is 434 g/mol. The second-order valence-electron chi connectivity index (χ2n) is 9.65. The highest BCUT2D eigenvalue weighted by atomic mass is 35.5. The van der Waals surface area contributed by atoms with Crippen molar-refractivity contribution in [2.45, 2.75) is 63.1 Å². The predicted molar refractivity (Wildman–Crippen MR) is 129 cm³/mol. The molecule has 5 nitrogen and oxygen atoms in total. The fraction of sp³-hybridized carbons (Fsp3) is 0.407. The van der Waals surface area contributed by atoms with Crippen molar-refractivity contribution in [2.75, 3.05) is 6.54 Å². The van der Waals surface area contributed by atoms with E-state index in [9.17, 15) is 9.59 Å². The van der Waals surface area contributed by atoms with E-state index in [1.54, 1.807) is 0 Å². The largest absolute Gasteiger partial charge is 0.356 e. The van der Waals surface area contributed by atoms with E-state index in [0.29, 0.717) is 11.4 Å². The lowest BCUT2D eigenvalue weighted by Gasteiger charge is -2.48. The molecule has 2 amide bonds. The van der Waals surface area contributed by atoms with Gasteiger partial charge in [-0.2, -0.15) is 0 Å². The quantitative estimate of drug-likeness (QED) is 0.531. The van der Waals surface area contributed by atoms with Gasteiger partial charge in [-0.15, -0.1) is 0 Å². The standard InChI is InChI=1S/C27H28ClN3O2/c28-18-13-11-17(12-14-18)26-25-21(20-9-5-6-10-22(20)29-25)15-23-27(33)30(16-24(32)31(23)26)19-7-3-1-2-4-8-19/h5-6,9-14,19,23,26,29H,1-4,7-8,15-16H2/t23-,26?/m0/s1. The van der Waals surface area contributed by atoms with E-state index >= 15 is 0 Å². The lowest BCUT2D eigenvalue weighted by Crippen LogP contribution is -2.64. The van der Waals surface area contributed by atoms with Crippen LogP contribution in [0, 0.1) is 0 Å². The van der Waals surface area contributed by atoms with Crippen LogP contribution in [0.15, 0.2) is 48.5 Å². The van der Waals surface area contributed by atoms with Gasteiger partial charge < -0.3 is 14.8 Å². The maximum absolute atomic E-state index is 13.9. The molecule has 0 radical (unpaired) electrons. The molecule has 1 N–H and O–H groups in total. The van der Waals surface area contributed by atoms with Crippen LogP contribution in [0.3, 0.4) is 0 Å². The third-order valence-corrected chi connectivity index (χ3v) is 8.00. The van der Waals surface area contributed by atoms with E-state index in [1.807, 2.05) is 46.2 Å². The van der Waals surface area contributed by atoms with Crippen LogP contribution >= 0.6 is 11.6 Å². The van der Waals surface area contributed by atoms with E-state index in [-0.39, 0.29) is 30.4 Å². The summed E-state index contributed by atoms with van der Waals surface area (Å²) >= 11 is 6.17. The van der Waals surface area contributed by atoms with Gasteiger partial charge in [-0.3, -0.25) is 9.59 Å². The first-order valence-corrected chi connectivity index (χ1v) is 12.5. The summed E-state index contributed by atoms with van der Waals surface area (Å²) in [6.45, 7) is 0.180. The molecule has 2 fully saturated rings. The second kappa shape index (κ2) is 8.21. The molecular formula is C27H28ClN3O2. The van der Waals surface area contributed by atoms with Crippen LogP contribution in [0.5, 0.6) is 0 Å². The Morgan fingerprint density at radius 2 is 1.64 bits per heavy atom. The summed E-state index contributed by atoms with van der Waals surface area (Å²) in [5.41, 5.74) is 4.18.